The van der Waals surface area contributed by atoms with Crippen LogP contribution in [0.2, 0.25) is 0 Å². The van der Waals surface area contributed by atoms with E-state index in [-0.39, 0.29) is 23.3 Å². The van der Waals surface area contributed by atoms with Crippen molar-refractivity contribution in [2.24, 2.45) is 0 Å². The van der Waals surface area contributed by atoms with E-state index in [0.29, 0.717) is 11.3 Å². The first-order valence-corrected chi connectivity index (χ1v) is 13.1. The van der Waals surface area contributed by atoms with Crippen LogP contribution in [0.15, 0.2) is 65.6 Å². The van der Waals surface area contributed by atoms with Crippen molar-refractivity contribution < 1.29 is 17.9 Å². The molecule has 6 nitrogen and oxygen atoms in total. The van der Waals surface area contributed by atoms with E-state index in [9.17, 15) is 13.2 Å². The number of benzene rings is 3. The first-order chi connectivity index (χ1) is 16.5. The van der Waals surface area contributed by atoms with E-state index in [1.54, 1.807) is 19.1 Å². The molecule has 0 saturated heterocycles. The molecule has 186 valence electrons. The topological polar surface area (TPSA) is 84.5 Å². The highest BCUT2D eigenvalue weighted by atomic mass is 32.2. The lowest BCUT2D eigenvalue weighted by atomic mass is 9.96. The summed E-state index contributed by atoms with van der Waals surface area (Å²) in [6.07, 6.45) is 0.222. The highest BCUT2D eigenvalue weighted by Crippen LogP contribution is 2.23. The van der Waals surface area contributed by atoms with Crippen molar-refractivity contribution in [3.63, 3.8) is 0 Å². The van der Waals surface area contributed by atoms with Crippen LogP contribution >= 0.6 is 0 Å². The molecule has 1 amide bonds. The number of carbonyl (C=O) groups is 1. The summed E-state index contributed by atoms with van der Waals surface area (Å²) in [5.41, 5.74) is 5.97. The molecule has 0 aromatic heterocycles. The average Bonchev–Trinajstić information content (AvgIpc) is 2.81. The zero-order chi connectivity index (χ0) is 25.8. The van der Waals surface area contributed by atoms with E-state index in [1.807, 2.05) is 51.1 Å². The van der Waals surface area contributed by atoms with Gasteiger partial charge in [0.1, 0.15) is 11.8 Å². The number of aryl methyl sites for hydroxylation is 4. The molecular formula is C28H34N2O4S. The SMILES string of the molecule is COc1ccc(S(=O)(=O)N[C@H](Cc2ccccc2)C(=O)N[C@@H](C)c2cc(C)c(C)cc2C)cc1C. The largest absolute Gasteiger partial charge is 0.496 e. The maximum Gasteiger partial charge on any atom is 0.241 e. The first-order valence-electron chi connectivity index (χ1n) is 11.6. The molecular weight excluding hydrogens is 460 g/mol. The Bertz CT molecular complexity index is 1300. The van der Waals surface area contributed by atoms with Gasteiger partial charge in [-0.1, -0.05) is 42.5 Å². The summed E-state index contributed by atoms with van der Waals surface area (Å²) in [5.74, 6) is 0.216. The smallest absolute Gasteiger partial charge is 0.241 e. The van der Waals surface area contributed by atoms with Gasteiger partial charge in [-0.25, -0.2) is 8.42 Å². The van der Waals surface area contributed by atoms with Gasteiger partial charge in [0.25, 0.3) is 0 Å². The van der Waals surface area contributed by atoms with Crippen LogP contribution in [0.1, 0.15) is 46.3 Å². The van der Waals surface area contributed by atoms with Crippen LogP contribution in [0, 0.1) is 27.7 Å². The number of ether oxygens (including phenoxy) is 1. The number of amides is 1. The second kappa shape index (κ2) is 11.1. The van der Waals surface area contributed by atoms with Gasteiger partial charge < -0.3 is 10.1 Å². The van der Waals surface area contributed by atoms with Gasteiger partial charge in [-0.2, -0.15) is 4.72 Å². The third kappa shape index (κ3) is 6.50. The molecule has 0 unspecified atom stereocenters. The fourth-order valence-electron chi connectivity index (χ4n) is 4.15. The number of methoxy groups -OCH3 is 1. The molecule has 0 fully saturated rings. The predicted molar refractivity (Wildman–Crippen MR) is 139 cm³/mol. The number of nitrogens with one attached hydrogen (secondary N) is 2. The summed E-state index contributed by atoms with van der Waals surface area (Å²) in [7, 11) is -2.42. The van der Waals surface area contributed by atoms with Crippen molar-refractivity contribution in [3.8, 4) is 5.75 Å². The standard InChI is InChI=1S/C28H34N2O4S/c1-18-14-20(3)25(16-19(18)2)22(5)29-28(31)26(17-23-10-8-7-9-11-23)30-35(32,33)24-12-13-27(34-6)21(4)15-24/h7-16,22,26,30H,17H2,1-6H3,(H,29,31)/t22-,26+/m0/s1. The van der Waals surface area contributed by atoms with Crippen LogP contribution in [-0.4, -0.2) is 27.5 Å². The fourth-order valence-corrected chi connectivity index (χ4v) is 5.43. The van der Waals surface area contributed by atoms with Crippen LogP contribution in [0.25, 0.3) is 0 Å². The molecule has 0 aliphatic carbocycles. The quantitative estimate of drug-likeness (QED) is 0.452. The van der Waals surface area contributed by atoms with E-state index >= 15 is 0 Å². The number of hydrogen-bond acceptors (Lipinski definition) is 4. The van der Waals surface area contributed by atoms with Gasteiger partial charge in [-0.05, 0) is 92.6 Å². The van der Waals surface area contributed by atoms with E-state index in [1.165, 1.54) is 18.7 Å². The van der Waals surface area contributed by atoms with Gasteiger partial charge in [0.2, 0.25) is 15.9 Å². The summed E-state index contributed by atoms with van der Waals surface area (Å²) >= 11 is 0. The monoisotopic (exact) mass is 494 g/mol. The highest BCUT2D eigenvalue weighted by Gasteiger charge is 2.28. The number of hydrogen-bond donors (Lipinski definition) is 2. The molecule has 7 heteroatoms. The summed E-state index contributed by atoms with van der Waals surface area (Å²) < 4.78 is 34.4. The minimum Gasteiger partial charge on any atom is -0.496 e. The zero-order valence-corrected chi connectivity index (χ0v) is 22.0. The molecule has 0 heterocycles. The third-order valence-corrected chi connectivity index (χ3v) is 7.75. The minimum atomic E-state index is -3.96. The Morgan fingerprint density at radius 1 is 0.886 bits per heavy atom. The second-order valence-electron chi connectivity index (χ2n) is 9.02. The lowest BCUT2D eigenvalue weighted by Gasteiger charge is -2.23. The molecule has 0 aliphatic heterocycles. The van der Waals surface area contributed by atoms with Gasteiger partial charge in [0.15, 0.2) is 0 Å². The lowest BCUT2D eigenvalue weighted by molar-refractivity contribution is -0.123. The third-order valence-electron chi connectivity index (χ3n) is 6.28. The van der Waals surface area contributed by atoms with E-state index in [4.69, 9.17) is 4.74 Å². The van der Waals surface area contributed by atoms with Crippen molar-refractivity contribution in [2.75, 3.05) is 7.11 Å². The van der Waals surface area contributed by atoms with Gasteiger partial charge >= 0.3 is 0 Å². The Morgan fingerprint density at radius 3 is 2.17 bits per heavy atom. The van der Waals surface area contributed by atoms with E-state index < -0.39 is 16.1 Å². The molecule has 0 radical (unpaired) electrons. The first kappa shape index (κ1) is 26.4. The summed E-state index contributed by atoms with van der Waals surface area (Å²) in [6.45, 7) is 9.80. The molecule has 2 atom stereocenters. The van der Waals surface area contributed by atoms with Gasteiger partial charge in [-0.3, -0.25) is 4.79 Å². The predicted octanol–water partition coefficient (Wildman–Crippen LogP) is 4.70. The number of rotatable bonds is 9. The Kier molecular flexibility index (Phi) is 8.35. The molecule has 3 aromatic carbocycles. The van der Waals surface area contributed by atoms with Crippen molar-refractivity contribution in [2.45, 2.75) is 58.0 Å². The van der Waals surface area contributed by atoms with Crippen LogP contribution in [0.5, 0.6) is 5.75 Å². The Hall–Kier alpha value is -3.16. The second-order valence-corrected chi connectivity index (χ2v) is 10.7. The van der Waals surface area contributed by atoms with Crippen LogP contribution in [0.3, 0.4) is 0 Å². The molecule has 35 heavy (non-hydrogen) atoms. The van der Waals surface area contributed by atoms with Crippen LogP contribution in [0.4, 0.5) is 0 Å². The van der Waals surface area contributed by atoms with Crippen LogP contribution in [-0.2, 0) is 21.2 Å². The molecule has 0 saturated carbocycles. The Morgan fingerprint density at radius 2 is 1.54 bits per heavy atom. The van der Waals surface area contributed by atoms with Crippen molar-refractivity contribution in [1.82, 2.24) is 10.0 Å². The molecule has 0 spiro atoms. The lowest BCUT2D eigenvalue weighted by Crippen LogP contribution is -2.48. The van der Waals surface area contributed by atoms with Gasteiger partial charge in [0, 0.05) is 0 Å². The zero-order valence-electron chi connectivity index (χ0n) is 21.2. The van der Waals surface area contributed by atoms with Crippen molar-refractivity contribution >= 4 is 15.9 Å². The highest BCUT2D eigenvalue weighted by molar-refractivity contribution is 7.89. The molecule has 3 rings (SSSR count). The van der Waals surface area contributed by atoms with Gasteiger partial charge in [-0.15, -0.1) is 0 Å². The summed E-state index contributed by atoms with van der Waals surface area (Å²) in [6, 6.07) is 16.9. The average molecular weight is 495 g/mol. The molecule has 0 bridgehead atoms. The van der Waals surface area contributed by atoms with Crippen molar-refractivity contribution in [3.05, 3.63) is 94.0 Å². The summed E-state index contributed by atoms with van der Waals surface area (Å²) in [4.78, 5) is 13.5. The fraction of sp³-hybridized carbons (Fsp3) is 0.321. The summed E-state index contributed by atoms with van der Waals surface area (Å²) in [5, 5.41) is 3.02. The number of sulfonamides is 1. The number of carbonyl (C=O) groups excluding carboxylic acids is 1. The Balaban J connectivity index is 1.88. The van der Waals surface area contributed by atoms with Gasteiger partial charge in [0.05, 0.1) is 18.0 Å². The maximum absolute atomic E-state index is 13.4. The maximum atomic E-state index is 13.4. The van der Waals surface area contributed by atoms with E-state index in [0.717, 1.165) is 22.3 Å². The molecule has 0 aliphatic rings. The Labute approximate surface area is 208 Å². The van der Waals surface area contributed by atoms with E-state index in [2.05, 4.69) is 29.1 Å². The van der Waals surface area contributed by atoms with Crippen molar-refractivity contribution in [1.29, 1.82) is 0 Å². The van der Waals surface area contributed by atoms with Crippen LogP contribution < -0.4 is 14.8 Å². The normalized spacial score (nSPS) is 13.2. The molecule has 2 N–H and O–H groups in total. The minimum absolute atomic E-state index is 0.0831. The molecule has 3 aromatic rings.